The maximum absolute atomic E-state index is 5.47. The monoisotopic (exact) mass is 159 g/mol. The first kappa shape index (κ1) is 8.97. The lowest BCUT2D eigenvalue weighted by Gasteiger charge is -2.18. The van der Waals surface area contributed by atoms with Gasteiger partial charge < -0.3 is 14.4 Å². The molecule has 1 atom stereocenters. The van der Waals surface area contributed by atoms with Crippen LogP contribution in [0, 0.1) is 0 Å². The number of ether oxygens (including phenoxy) is 2. The Morgan fingerprint density at radius 1 is 1.64 bits per heavy atom. The van der Waals surface area contributed by atoms with E-state index in [1.54, 1.807) is 0 Å². The van der Waals surface area contributed by atoms with Gasteiger partial charge in [-0.1, -0.05) is 0 Å². The van der Waals surface area contributed by atoms with E-state index in [4.69, 9.17) is 9.47 Å². The Kier molecular flexibility index (Phi) is 3.83. The third-order valence-electron chi connectivity index (χ3n) is 1.84. The molecule has 1 heterocycles. The summed E-state index contributed by atoms with van der Waals surface area (Å²) in [5.41, 5.74) is 0. The van der Waals surface area contributed by atoms with Crippen LogP contribution >= 0.6 is 0 Å². The number of hydrogen-bond donors (Lipinski definition) is 0. The second-order valence-corrected chi connectivity index (χ2v) is 2.91. The molecule has 0 aromatic rings. The lowest BCUT2D eigenvalue weighted by atomic mass is 10.3. The second-order valence-electron chi connectivity index (χ2n) is 2.91. The summed E-state index contributed by atoms with van der Waals surface area (Å²) in [6, 6.07) is 0. The summed E-state index contributed by atoms with van der Waals surface area (Å²) >= 11 is 0. The Morgan fingerprint density at radius 2 is 2.45 bits per heavy atom. The standard InChI is InChI=1S/C8H17NO2/c1-3-11-8-6-9(2)4-5-10-7-8/h8H,3-7H2,1-2H3. The van der Waals surface area contributed by atoms with E-state index in [9.17, 15) is 0 Å². The van der Waals surface area contributed by atoms with Crippen molar-refractivity contribution in [3.63, 3.8) is 0 Å². The molecule has 0 amide bonds. The molecule has 1 saturated heterocycles. The van der Waals surface area contributed by atoms with Crippen molar-refractivity contribution in [3.05, 3.63) is 0 Å². The van der Waals surface area contributed by atoms with Gasteiger partial charge in [0.2, 0.25) is 0 Å². The van der Waals surface area contributed by atoms with Gasteiger partial charge in [0.15, 0.2) is 0 Å². The Balaban J connectivity index is 2.27. The van der Waals surface area contributed by atoms with Gasteiger partial charge in [-0.3, -0.25) is 0 Å². The van der Waals surface area contributed by atoms with Crippen LogP contribution in [0.1, 0.15) is 6.92 Å². The molecule has 1 aliphatic heterocycles. The quantitative estimate of drug-likeness (QED) is 0.580. The van der Waals surface area contributed by atoms with Gasteiger partial charge in [0.1, 0.15) is 0 Å². The molecule has 0 spiro atoms. The third-order valence-corrected chi connectivity index (χ3v) is 1.84. The zero-order valence-corrected chi connectivity index (χ0v) is 7.38. The van der Waals surface area contributed by atoms with E-state index in [1.165, 1.54) is 0 Å². The van der Waals surface area contributed by atoms with Crippen molar-refractivity contribution in [1.29, 1.82) is 0 Å². The van der Waals surface area contributed by atoms with E-state index in [1.807, 2.05) is 6.92 Å². The summed E-state index contributed by atoms with van der Waals surface area (Å²) in [4.78, 5) is 2.24. The highest BCUT2D eigenvalue weighted by molar-refractivity contribution is 4.66. The van der Waals surface area contributed by atoms with Crippen molar-refractivity contribution < 1.29 is 9.47 Å². The average molecular weight is 159 g/mol. The molecule has 66 valence electrons. The SMILES string of the molecule is CCOC1COCCN(C)C1. The number of nitrogens with zero attached hydrogens (tertiary/aromatic N) is 1. The van der Waals surface area contributed by atoms with Crippen LogP contribution in [0.4, 0.5) is 0 Å². The highest BCUT2D eigenvalue weighted by atomic mass is 16.5. The van der Waals surface area contributed by atoms with Crippen LogP contribution in [0.5, 0.6) is 0 Å². The molecular weight excluding hydrogens is 142 g/mol. The molecule has 1 rings (SSSR count). The third kappa shape index (κ3) is 3.18. The van der Waals surface area contributed by atoms with E-state index in [0.717, 1.165) is 32.9 Å². The minimum atomic E-state index is 0.271. The summed E-state index contributed by atoms with van der Waals surface area (Å²) in [5.74, 6) is 0. The predicted molar refractivity (Wildman–Crippen MR) is 43.7 cm³/mol. The van der Waals surface area contributed by atoms with E-state index in [-0.39, 0.29) is 6.10 Å². The van der Waals surface area contributed by atoms with Gasteiger partial charge >= 0.3 is 0 Å². The normalized spacial score (nSPS) is 28.4. The Morgan fingerprint density at radius 3 is 3.18 bits per heavy atom. The predicted octanol–water partition coefficient (Wildman–Crippen LogP) is 0.353. The van der Waals surface area contributed by atoms with Crippen molar-refractivity contribution in [1.82, 2.24) is 4.90 Å². The van der Waals surface area contributed by atoms with Gasteiger partial charge in [0, 0.05) is 19.7 Å². The van der Waals surface area contributed by atoms with E-state index >= 15 is 0 Å². The molecular formula is C8H17NO2. The van der Waals surface area contributed by atoms with Crippen molar-refractivity contribution in [2.45, 2.75) is 13.0 Å². The van der Waals surface area contributed by atoms with Gasteiger partial charge in [0.25, 0.3) is 0 Å². The minimum absolute atomic E-state index is 0.271. The molecule has 1 unspecified atom stereocenters. The fraction of sp³-hybridized carbons (Fsp3) is 1.00. The summed E-state index contributed by atoms with van der Waals surface area (Å²) < 4.78 is 10.8. The van der Waals surface area contributed by atoms with Gasteiger partial charge in [-0.15, -0.1) is 0 Å². The lowest BCUT2D eigenvalue weighted by Crippen LogP contribution is -2.31. The molecule has 1 fully saturated rings. The first-order valence-corrected chi connectivity index (χ1v) is 4.21. The summed E-state index contributed by atoms with van der Waals surface area (Å²) in [5, 5.41) is 0. The van der Waals surface area contributed by atoms with E-state index < -0.39 is 0 Å². The number of rotatable bonds is 2. The van der Waals surface area contributed by atoms with Crippen LogP contribution in [-0.4, -0.2) is 51.0 Å². The molecule has 0 saturated carbocycles. The largest absolute Gasteiger partial charge is 0.377 e. The fourth-order valence-corrected chi connectivity index (χ4v) is 1.26. The lowest BCUT2D eigenvalue weighted by molar-refractivity contribution is 0.00105. The summed E-state index contributed by atoms with van der Waals surface area (Å²) in [7, 11) is 2.10. The van der Waals surface area contributed by atoms with Crippen molar-refractivity contribution in [2.24, 2.45) is 0 Å². The van der Waals surface area contributed by atoms with Crippen molar-refractivity contribution >= 4 is 0 Å². The fourth-order valence-electron chi connectivity index (χ4n) is 1.26. The highest BCUT2D eigenvalue weighted by Gasteiger charge is 2.15. The number of likely N-dealkylation sites (N-methyl/N-ethyl adjacent to an activating group) is 1. The Bertz CT molecular complexity index is 108. The van der Waals surface area contributed by atoms with Gasteiger partial charge in [-0.05, 0) is 14.0 Å². The molecule has 3 heteroatoms. The average Bonchev–Trinajstić information content (AvgIpc) is 2.15. The molecule has 11 heavy (non-hydrogen) atoms. The zero-order valence-electron chi connectivity index (χ0n) is 7.38. The second kappa shape index (κ2) is 4.70. The Hall–Kier alpha value is -0.120. The van der Waals surface area contributed by atoms with Crippen LogP contribution in [0.2, 0.25) is 0 Å². The molecule has 1 aliphatic rings. The maximum Gasteiger partial charge on any atom is 0.0934 e. The maximum atomic E-state index is 5.47. The molecule has 0 aromatic heterocycles. The van der Waals surface area contributed by atoms with E-state index in [2.05, 4.69) is 11.9 Å². The van der Waals surface area contributed by atoms with Crippen LogP contribution in [0.25, 0.3) is 0 Å². The van der Waals surface area contributed by atoms with Crippen LogP contribution < -0.4 is 0 Å². The molecule has 0 aromatic carbocycles. The molecule has 0 aliphatic carbocycles. The van der Waals surface area contributed by atoms with Crippen LogP contribution in [0.3, 0.4) is 0 Å². The Labute approximate surface area is 68.3 Å². The number of hydrogen-bond acceptors (Lipinski definition) is 3. The minimum Gasteiger partial charge on any atom is -0.377 e. The first-order chi connectivity index (χ1) is 5.33. The van der Waals surface area contributed by atoms with E-state index in [0.29, 0.717) is 0 Å². The van der Waals surface area contributed by atoms with Gasteiger partial charge in [0.05, 0.1) is 19.3 Å². The smallest absolute Gasteiger partial charge is 0.0934 e. The molecule has 0 N–H and O–H groups in total. The first-order valence-electron chi connectivity index (χ1n) is 4.21. The molecule has 3 nitrogen and oxygen atoms in total. The zero-order chi connectivity index (χ0) is 8.10. The van der Waals surface area contributed by atoms with Crippen LogP contribution in [-0.2, 0) is 9.47 Å². The highest BCUT2D eigenvalue weighted by Crippen LogP contribution is 2.01. The van der Waals surface area contributed by atoms with Crippen molar-refractivity contribution in [3.8, 4) is 0 Å². The molecule has 0 bridgehead atoms. The molecule has 0 radical (unpaired) electrons. The van der Waals surface area contributed by atoms with Crippen molar-refractivity contribution in [2.75, 3.05) is 40.0 Å². The topological polar surface area (TPSA) is 21.7 Å². The summed E-state index contributed by atoms with van der Waals surface area (Å²) in [6.45, 7) is 6.39. The summed E-state index contributed by atoms with van der Waals surface area (Å²) in [6.07, 6.45) is 0.271. The van der Waals surface area contributed by atoms with Crippen LogP contribution in [0.15, 0.2) is 0 Å². The van der Waals surface area contributed by atoms with Gasteiger partial charge in [-0.2, -0.15) is 0 Å². The van der Waals surface area contributed by atoms with Gasteiger partial charge in [-0.25, -0.2) is 0 Å².